The van der Waals surface area contributed by atoms with E-state index in [0.29, 0.717) is 29.2 Å². The molecule has 31 heavy (non-hydrogen) atoms. The predicted molar refractivity (Wildman–Crippen MR) is 124 cm³/mol. The fourth-order valence-electron chi connectivity index (χ4n) is 4.58. The molecule has 0 heterocycles. The van der Waals surface area contributed by atoms with Gasteiger partial charge in [-0.05, 0) is 92.5 Å². The number of amides is 2. The Morgan fingerprint density at radius 1 is 1.26 bits per heavy atom. The number of nitrogens with one attached hydrogen (secondary N) is 2. The third kappa shape index (κ3) is 5.62. The Kier molecular flexibility index (Phi) is 8.02. The standard InChI is InChI=1S/C25H37N3O3/c1-5-17(3)10-9-15-31-18(4)23(6-2)28(30)27-25(29)26-24-21-13-7-11-19(21)16-20-12-8-14-22(20)24/h6,16-17,30H,2,5,7-15H2,1,3-4H3,(H2,26,27,29)/b23-18-. The maximum absolute atomic E-state index is 12.7. The molecule has 2 aliphatic carbocycles. The van der Waals surface area contributed by atoms with E-state index in [1.54, 1.807) is 6.92 Å². The number of hydroxylamine groups is 1. The first kappa shape index (κ1) is 23.2. The molecule has 0 fully saturated rings. The van der Waals surface area contributed by atoms with Crippen LogP contribution in [0.4, 0.5) is 10.5 Å². The number of rotatable bonds is 10. The Hall–Kier alpha value is -2.47. The lowest BCUT2D eigenvalue weighted by molar-refractivity contribution is -0.0872. The minimum absolute atomic E-state index is 0.321. The number of hydrogen-bond donors (Lipinski definition) is 3. The van der Waals surface area contributed by atoms with Crippen molar-refractivity contribution < 1.29 is 14.7 Å². The number of anilines is 1. The highest BCUT2D eigenvalue weighted by Crippen LogP contribution is 2.38. The Morgan fingerprint density at radius 2 is 1.90 bits per heavy atom. The van der Waals surface area contributed by atoms with Gasteiger partial charge in [-0.2, -0.15) is 5.17 Å². The Bertz CT molecular complexity index is 815. The second kappa shape index (κ2) is 10.7. The first-order chi connectivity index (χ1) is 14.9. The fourth-order valence-corrected chi connectivity index (χ4v) is 4.58. The van der Waals surface area contributed by atoms with E-state index >= 15 is 0 Å². The van der Waals surface area contributed by atoms with Crippen molar-refractivity contribution in [3.05, 3.63) is 52.4 Å². The van der Waals surface area contributed by atoms with Crippen LogP contribution in [0.25, 0.3) is 0 Å². The number of benzene rings is 1. The van der Waals surface area contributed by atoms with Gasteiger partial charge in [0.2, 0.25) is 0 Å². The number of aryl methyl sites for hydroxylation is 2. The zero-order valence-corrected chi connectivity index (χ0v) is 19.2. The van der Waals surface area contributed by atoms with Crippen LogP contribution >= 0.6 is 0 Å². The van der Waals surface area contributed by atoms with Crippen LogP contribution in [0, 0.1) is 5.92 Å². The van der Waals surface area contributed by atoms with E-state index in [0.717, 1.165) is 63.5 Å². The second-order valence-corrected chi connectivity index (χ2v) is 8.76. The zero-order chi connectivity index (χ0) is 22.4. The molecule has 0 spiro atoms. The van der Waals surface area contributed by atoms with Crippen LogP contribution in [0.5, 0.6) is 0 Å². The number of ether oxygens (including phenoxy) is 1. The van der Waals surface area contributed by atoms with E-state index < -0.39 is 6.03 Å². The molecule has 3 rings (SSSR count). The van der Waals surface area contributed by atoms with Crippen molar-refractivity contribution in [2.45, 2.75) is 78.6 Å². The average Bonchev–Trinajstić information content (AvgIpc) is 3.40. The molecule has 0 bridgehead atoms. The summed E-state index contributed by atoms with van der Waals surface area (Å²) in [6.07, 6.45) is 11.0. The van der Waals surface area contributed by atoms with Gasteiger partial charge in [-0.1, -0.05) is 32.9 Å². The largest absolute Gasteiger partial charge is 0.496 e. The van der Waals surface area contributed by atoms with Crippen molar-refractivity contribution >= 4 is 11.7 Å². The van der Waals surface area contributed by atoms with E-state index in [-0.39, 0.29) is 0 Å². The molecule has 3 N–H and O–H groups in total. The molecule has 2 aliphatic rings. The quantitative estimate of drug-likeness (QED) is 0.195. The summed E-state index contributed by atoms with van der Waals surface area (Å²) in [5, 5.41) is 14.2. The van der Waals surface area contributed by atoms with Gasteiger partial charge in [0, 0.05) is 5.69 Å². The maximum Gasteiger partial charge on any atom is 0.339 e. The van der Waals surface area contributed by atoms with Crippen LogP contribution in [-0.4, -0.2) is 23.0 Å². The molecule has 2 amide bonds. The van der Waals surface area contributed by atoms with E-state index in [9.17, 15) is 10.0 Å². The minimum Gasteiger partial charge on any atom is -0.496 e. The normalized spacial score (nSPS) is 16.1. The molecule has 0 aromatic heterocycles. The molecule has 0 aliphatic heterocycles. The van der Waals surface area contributed by atoms with Crippen LogP contribution in [0.3, 0.4) is 0 Å². The van der Waals surface area contributed by atoms with Gasteiger partial charge in [0.1, 0.15) is 11.5 Å². The van der Waals surface area contributed by atoms with Gasteiger partial charge >= 0.3 is 6.03 Å². The molecule has 170 valence electrons. The van der Waals surface area contributed by atoms with Crippen LogP contribution in [-0.2, 0) is 30.4 Å². The third-order valence-corrected chi connectivity index (χ3v) is 6.56. The summed E-state index contributed by atoms with van der Waals surface area (Å²) in [6.45, 7) is 10.5. The maximum atomic E-state index is 12.7. The van der Waals surface area contributed by atoms with Crippen molar-refractivity contribution in [1.29, 1.82) is 0 Å². The van der Waals surface area contributed by atoms with Crippen molar-refractivity contribution in [1.82, 2.24) is 10.6 Å². The summed E-state index contributed by atoms with van der Waals surface area (Å²) in [5.41, 5.74) is 8.96. The third-order valence-electron chi connectivity index (χ3n) is 6.56. The number of hydrogen-bond acceptors (Lipinski definition) is 4. The van der Waals surface area contributed by atoms with E-state index in [2.05, 4.69) is 37.2 Å². The summed E-state index contributed by atoms with van der Waals surface area (Å²) < 4.78 is 5.77. The minimum atomic E-state index is -0.471. The number of urea groups is 1. The van der Waals surface area contributed by atoms with Gasteiger partial charge in [0.25, 0.3) is 0 Å². The number of carbonyl (C=O) groups excluding carboxylic acids is 1. The second-order valence-electron chi connectivity index (χ2n) is 8.76. The molecular formula is C25H37N3O3. The first-order valence-corrected chi connectivity index (χ1v) is 11.6. The summed E-state index contributed by atoms with van der Waals surface area (Å²) in [4.78, 5) is 12.7. The van der Waals surface area contributed by atoms with Crippen molar-refractivity contribution in [3.63, 3.8) is 0 Å². The number of hydrazine groups is 1. The van der Waals surface area contributed by atoms with Crippen LogP contribution in [0.15, 0.2) is 30.2 Å². The molecule has 1 aromatic rings. The predicted octanol–water partition coefficient (Wildman–Crippen LogP) is 5.65. The van der Waals surface area contributed by atoms with Gasteiger partial charge in [-0.3, -0.25) is 5.21 Å². The van der Waals surface area contributed by atoms with E-state index in [1.807, 2.05) is 0 Å². The highest BCUT2D eigenvalue weighted by molar-refractivity contribution is 5.91. The Morgan fingerprint density at radius 3 is 2.48 bits per heavy atom. The first-order valence-electron chi connectivity index (χ1n) is 11.6. The number of allylic oxidation sites excluding steroid dienone is 2. The summed E-state index contributed by atoms with van der Waals surface area (Å²) in [7, 11) is 0. The zero-order valence-electron chi connectivity index (χ0n) is 19.2. The van der Waals surface area contributed by atoms with Gasteiger partial charge in [0.05, 0.1) is 6.61 Å². The highest BCUT2D eigenvalue weighted by Gasteiger charge is 2.25. The lowest BCUT2D eigenvalue weighted by Gasteiger charge is -2.22. The average molecular weight is 428 g/mol. The van der Waals surface area contributed by atoms with Gasteiger partial charge in [0.15, 0.2) is 0 Å². The smallest absolute Gasteiger partial charge is 0.339 e. The van der Waals surface area contributed by atoms with Gasteiger partial charge < -0.3 is 10.1 Å². The molecule has 6 nitrogen and oxygen atoms in total. The number of carbonyl (C=O) groups is 1. The van der Waals surface area contributed by atoms with Crippen molar-refractivity contribution in [2.75, 3.05) is 11.9 Å². The molecule has 0 saturated heterocycles. The molecule has 0 radical (unpaired) electrons. The summed E-state index contributed by atoms with van der Waals surface area (Å²) >= 11 is 0. The molecule has 1 unspecified atom stereocenters. The van der Waals surface area contributed by atoms with Crippen molar-refractivity contribution in [2.24, 2.45) is 5.92 Å². The summed E-state index contributed by atoms with van der Waals surface area (Å²) in [6, 6.07) is 1.85. The number of nitrogens with zero attached hydrogens (tertiary/aromatic N) is 1. The van der Waals surface area contributed by atoms with Crippen LogP contribution in [0.1, 0.15) is 75.1 Å². The lowest BCUT2D eigenvalue weighted by Crippen LogP contribution is -2.42. The number of fused-ring (bicyclic) bond motifs is 2. The van der Waals surface area contributed by atoms with Crippen LogP contribution in [0.2, 0.25) is 0 Å². The SMILES string of the molecule is C=C/C(=C(\C)OCCCC(C)CC)N(O)NC(=O)Nc1c2c(cc3c1CCC3)CCC2. The van der Waals surface area contributed by atoms with Crippen molar-refractivity contribution in [3.8, 4) is 0 Å². The topological polar surface area (TPSA) is 73.8 Å². The van der Waals surface area contributed by atoms with Gasteiger partial charge in [-0.15, -0.1) is 0 Å². The van der Waals surface area contributed by atoms with Crippen LogP contribution < -0.4 is 10.7 Å². The van der Waals surface area contributed by atoms with Gasteiger partial charge in [-0.25, -0.2) is 10.2 Å². The lowest BCUT2D eigenvalue weighted by atomic mass is 9.99. The Balaban J connectivity index is 1.62. The molecule has 1 aromatic carbocycles. The molecular weight excluding hydrogens is 390 g/mol. The summed E-state index contributed by atoms with van der Waals surface area (Å²) in [5.74, 6) is 1.19. The Labute approximate surface area is 186 Å². The molecule has 0 saturated carbocycles. The fraction of sp³-hybridized carbons (Fsp3) is 0.560. The van der Waals surface area contributed by atoms with E-state index in [1.165, 1.54) is 28.3 Å². The molecule has 1 atom stereocenters. The van der Waals surface area contributed by atoms with E-state index in [4.69, 9.17) is 4.74 Å². The highest BCUT2D eigenvalue weighted by atomic mass is 16.5. The molecule has 6 heteroatoms. The monoisotopic (exact) mass is 427 g/mol.